The van der Waals surface area contributed by atoms with Crippen molar-refractivity contribution in [3.8, 4) is 0 Å². The van der Waals surface area contributed by atoms with Crippen LogP contribution in [0.15, 0.2) is 0 Å². The van der Waals surface area contributed by atoms with Crippen LogP contribution in [0.2, 0.25) is 0 Å². The lowest BCUT2D eigenvalue weighted by Crippen LogP contribution is -2.50. The van der Waals surface area contributed by atoms with E-state index in [-0.39, 0.29) is 24.9 Å². The van der Waals surface area contributed by atoms with Crippen molar-refractivity contribution in [1.29, 1.82) is 0 Å². The Labute approximate surface area is 102 Å². The van der Waals surface area contributed by atoms with Crippen LogP contribution in [0.4, 0.5) is 0 Å². The lowest BCUT2D eigenvalue weighted by molar-refractivity contribution is -0.143. The molecule has 0 rings (SSSR count). The number of ether oxygens (including phenoxy) is 2. The second-order valence-corrected chi connectivity index (χ2v) is 4.19. The fourth-order valence-corrected chi connectivity index (χ4v) is 1.50. The molecule has 0 aromatic carbocycles. The maximum absolute atomic E-state index is 11.6. The van der Waals surface area contributed by atoms with Crippen molar-refractivity contribution in [2.75, 3.05) is 27.4 Å². The van der Waals surface area contributed by atoms with Gasteiger partial charge in [-0.1, -0.05) is 0 Å². The van der Waals surface area contributed by atoms with Crippen molar-refractivity contribution >= 4 is 11.9 Å². The number of esters is 1. The second kappa shape index (κ2) is 8.03. The Balaban J connectivity index is 4.38. The number of nitrogens with one attached hydrogen (secondary N) is 1. The number of amides is 1. The molecule has 0 aromatic rings. The van der Waals surface area contributed by atoms with Crippen LogP contribution in [0, 0.1) is 0 Å². The van der Waals surface area contributed by atoms with E-state index in [2.05, 4.69) is 10.1 Å². The topological polar surface area (TPSA) is 90.6 Å². The Kier molecular flexibility index (Phi) is 7.49. The Morgan fingerprint density at radius 3 is 2.47 bits per heavy atom. The molecule has 17 heavy (non-hydrogen) atoms. The van der Waals surface area contributed by atoms with Gasteiger partial charge in [0.05, 0.1) is 25.7 Å². The zero-order chi connectivity index (χ0) is 13.3. The average molecular weight is 246 g/mol. The third-order valence-electron chi connectivity index (χ3n) is 2.27. The van der Waals surface area contributed by atoms with Gasteiger partial charge in [0, 0.05) is 13.5 Å². The summed E-state index contributed by atoms with van der Waals surface area (Å²) in [5.41, 5.74) is 4.58. The lowest BCUT2D eigenvalue weighted by Gasteiger charge is -2.29. The lowest BCUT2D eigenvalue weighted by atomic mass is 9.98. The zero-order valence-electron chi connectivity index (χ0n) is 10.7. The van der Waals surface area contributed by atoms with E-state index in [1.165, 1.54) is 14.2 Å². The fraction of sp³-hybridized carbons (Fsp3) is 0.818. The van der Waals surface area contributed by atoms with Crippen molar-refractivity contribution in [3.05, 3.63) is 0 Å². The minimum absolute atomic E-state index is 0.0751. The molecule has 6 heteroatoms. The van der Waals surface area contributed by atoms with E-state index in [0.29, 0.717) is 19.4 Å². The maximum Gasteiger partial charge on any atom is 0.307 e. The molecule has 0 heterocycles. The molecule has 1 amide bonds. The number of hydrogen-bond acceptors (Lipinski definition) is 5. The number of hydrogen-bond donors (Lipinski definition) is 2. The van der Waals surface area contributed by atoms with Crippen LogP contribution in [-0.4, -0.2) is 44.8 Å². The van der Waals surface area contributed by atoms with Crippen LogP contribution in [-0.2, 0) is 19.1 Å². The molecule has 100 valence electrons. The summed E-state index contributed by atoms with van der Waals surface area (Å²) in [6.07, 6.45) is 1.04. The zero-order valence-corrected chi connectivity index (χ0v) is 10.7. The van der Waals surface area contributed by atoms with Crippen molar-refractivity contribution < 1.29 is 19.1 Å². The average Bonchev–Trinajstić information content (AvgIpc) is 2.26. The highest BCUT2D eigenvalue weighted by molar-refractivity contribution is 5.78. The molecule has 0 saturated heterocycles. The van der Waals surface area contributed by atoms with E-state index < -0.39 is 5.54 Å². The highest BCUT2D eigenvalue weighted by atomic mass is 16.5. The summed E-state index contributed by atoms with van der Waals surface area (Å²) >= 11 is 0. The predicted octanol–water partition coefficient (Wildman–Crippen LogP) is -0.190. The van der Waals surface area contributed by atoms with Gasteiger partial charge in [-0.2, -0.15) is 0 Å². The smallest absolute Gasteiger partial charge is 0.307 e. The number of rotatable bonds is 8. The third-order valence-corrected chi connectivity index (χ3v) is 2.27. The Morgan fingerprint density at radius 2 is 2.00 bits per heavy atom. The Bertz CT molecular complexity index is 258. The van der Waals surface area contributed by atoms with Crippen LogP contribution in [0.3, 0.4) is 0 Å². The fourth-order valence-electron chi connectivity index (χ4n) is 1.50. The summed E-state index contributed by atoms with van der Waals surface area (Å²) in [6.45, 7) is 2.45. The highest BCUT2D eigenvalue weighted by Gasteiger charge is 2.29. The molecule has 0 fully saturated rings. The maximum atomic E-state index is 11.6. The molecule has 6 nitrogen and oxygen atoms in total. The van der Waals surface area contributed by atoms with Gasteiger partial charge in [0.15, 0.2) is 0 Å². The molecule has 1 atom stereocenters. The van der Waals surface area contributed by atoms with Crippen LogP contribution >= 0.6 is 0 Å². The largest absolute Gasteiger partial charge is 0.469 e. The number of carbonyl (C=O) groups is 2. The molecule has 0 aromatic heterocycles. The molecular formula is C11H22N2O4. The Hall–Kier alpha value is -1.14. The SMILES string of the molecule is COCC(C)(CC(=O)OC)NC(=O)CCCN. The van der Waals surface area contributed by atoms with Gasteiger partial charge in [-0.3, -0.25) is 9.59 Å². The van der Waals surface area contributed by atoms with Gasteiger partial charge in [-0.25, -0.2) is 0 Å². The molecule has 0 radical (unpaired) electrons. The first-order chi connectivity index (χ1) is 7.97. The quantitative estimate of drug-likeness (QED) is 0.579. The minimum Gasteiger partial charge on any atom is -0.469 e. The van der Waals surface area contributed by atoms with Gasteiger partial charge in [0.2, 0.25) is 5.91 Å². The van der Waals surface area contributed by atoms with Crippen LogP contribution < -0.4 is 11.1 Å². The summed E-state index contributed by atoms with van der Waals surface area (Å²) < 4.78 is 9.60. The van der Waals surface area contributed by atoms with E-state index in [4.69, 9.17) is 10.5 Å². The number of methoxy groups -OCH3 is 2. The second-order valence-electron chi connectivity index (χ2n) is 4.19. The van der Waals surface area contributed by atoms with Crippen LogP contribution in [0.25, 0.3) is 0 Å². The number of nitrogens with two attached hydrogens (primary N) is 1. The van der Waals surface area contributed by atoms with Crippen molar-refractivity contribution in [2.24, 2.45) is 5.73 Å². The summed E-state index contributed by atoms with van der Waals surface area (Å²) in [7, 11) is 2.83. The normalized spacial score (nSPS) is 13.9. The summed E-state index contributed by atoms with van der Waals surface area (Å²) in [4.78, 5) is 22.8. The van der Waals surface area contributed by atoms with E-state index in [0.717, 1.165) is 0 Å². The first-order valence-electron chi connectivity index (χ1n) is 5.54. The van der Waals surface area contributed by atoms with Gasteiger partial charge < -0.3 is 20.5 Å². The summed E-state index contributed by atoms with van der Waals surface area (Å²) in [6, 6.07) is 0. The van der Waals surface area contributed by atoms with Gasteiger partial charge in [0.25, 0.3) is 0 Å². The van der Waals surface area contributed by atoms with Crippen molar-refractivity contribution in [2.45, 2.75) is 31.7 Å². The monoisotopic (exact) mass is 246 g/mol. The molecule has 3 N–H and O–H groups in total. The van der Waals surface area contributed by atoms with Gasteiger partial charge in [-0.15, -0.1) is 0 Å². The van der Waals surface area contributed by atoms with Crippen molar-refractivity contribution in [1.82, 2.24) is 5.32 Å². The Morgan fingerprint density at radius 1 is 1.35 bits per heavy atom. The molecule has 0 aliphatic rings. The molecule has 1 unspecified atom stereocenters. The van der Waals surface area contributed by atoms with E-state index in [9.17, 15) is 9.59 Å². The third kappa shape index (κ3) is 6.91. The summed E-state index contributed by atoms with van der Waals surface area (Å²) in [5.74, 6) is -0.525. The van der Waals surface area contributed by atoms with Crippen molar-refractivity contribution in [3.63, 3.8) is 0 Å². The highest BCUT2D eigenvalue weighted by Crippen LogP contribution is 2.11. The van der Waals surface area contributed by atoms with Gasteiger partial charge in [0.1, 0.15) is 0 Å². The molecular weight excluding hydrogens is 224 g/mol. The van der Waals surface area contributed by atoms with E-state index in [1.54, 1.807) is 6.92 Å². The predicted molar refractivity (Wildman–Crippen MR) is 63.3 cm³/mol. The van der Waals surface area contributed by atoms with Crippen LogP contribution in [0.1, 0.15) is 26.2 Å². The molecule has 0 aliphatic carbocycles. The molecule has 0 spiro atoms. The molecule has 0 aliphatic heterocycles. The van der Waals surface area contributed by atoms with E-state index in [1.807, 2.05) is 0 Å². The van der Waals surface area contributed by atoms with Gasteiger partial charge >= 0.3 is 5.97 Å². The standard InChI is InChI=1S/C11H22N2O4/c1-11(8-16-2,7-10(15)17-3)13-9(14)5-4-6-12/h4-8,12H2,1-3H3,(H,13,14). The van der Waals surface area contributed by atoms with Crippen LogP contribution in [0.5, 0.6) is 0 Å². The summed E-state index contributed by atoms with van der Waals surface area (Å²) in [5, 5.41) is 2.77. The minimum atomic E-state index is -0.743. The molecule has 0 bridgehead atoms. The van der Waals surface area contributed by atoms with E-state index >= 15 is 0 Å². The molecule has 0 saturated carbocycles. The number of carbonyl (C=O) groups excluding carboxylic acids is 2. The first-order valence-corrected chi connectivity index (χ1v) is 5.54. The van der Waals surface area contributed by atoms with Gasteiger partial charge in [-0.05, 0) is 19.9 Å². The first kappa shape index (κ1) is 15.9.